The number of amides is 2. The summed E-state index contributed by atoms with van der Waals surface area (Å²) < 4.78 is 0.946. The number of rotatable bonds is 8. The van der Waals surface area contributed by atoms with Crippen LogP contribution >= 0.6 is 15.9 Å². The van der Waals surface area contributed by atoms with Gasteiger partial charge in [-0.3, -0.25) is 14.5 Å². The van der Waals surface area contributed by atoms with Crippen LogP contribution < -0.4 is 16.4 Å². The molecule has 1 aliphatic heterocycles. The second kappa shape index (κ2) is 11.9. The number of nitrogens with one attached hydrogen (secondary N) is 2. The van der Waals surface area contributed by atoms with Crippen molar-refractivity contribution in [3.63, 3.8) is 0 Å². The Morgan fingerprint density at radius 2 is 1.71 bits per heavy atom. The lowest BCUT2D eigenvalue weighted by Crippen LogP contribution is -2.38. The van der Waals surface area contributed by atoms with Crippen molar-refractivity contribution in [1.82, 2.24) is 4.90 Å². The summed E-state index contributed by atoms with van der Waals surface area (Å²) in [6.45, 7) is 5.26. The average molecular weight is 578 g/mol. The number of benzene rings is 3. The van der Waals surface area contributed by atoms with E-state index in [1.54, 1.807) is 32.1 Å². The van der Waals surface area contributed by atoms with Crippen molar-refractivity contribution in [2.75, 3.05) is 36.0 Å². The molecule has 2 unspecified atom stereocenters. The molecule has 198 valence electrons. The number of para-hydroxylation sites is 2. The molecule has 0 saturated carbocycles. The van der Waals surface area contributed by atoms with Crippen LogP contribution in [0.1, 0.15) is 30.9 Å². The number of carbonyl (C=O) groups is 2. The van der Waals surface area contributed by atoms with Gasteiger partial charge in [0.2, 0.25) is 11.8 Å². The van der Waals surface area contributed by atoms with Crippen LogP contribution in [0.2, 0.25) is 0 Å². The van der Waals surface area contributed by atoms with E-state index in [1.807, 2.05) is 60.7 Å². The molecule has 4 rings (SSSR count). The van der Waals surface area contributed by atoms with Gasteiger partial charge in [-0.15, -0.1) is 0 Å². The predicted octanol–water partition coefficient (Wildman–Crippen LogP) is 5.11. The predicted molar refractivity (Wildman–Crippen MR) is 157 cm³/mol. The molecule has 8 heteroatoms. The normalized spacial score (nSPS) is 18.0. The highest BCUT2D eigenvalue weighted by molar-refractivity contribution is 9.10. The Balaban J connectivity index is 1.46. The quantitative estimate of drug-likeness (QED) is 0.220. The highest BCUT2D eigenvalue weighted by Gasteiger charge is 2.39. The van der Waals surface area contributed by atoms with E-state index in [2.05, 4.69) is 31.5 Å². The summed E-state index contributed by atoms with van der Waals surface area (Å²) in [6.07, 6.45) is 3.21. The molecule has 1 heterocycles. The van der Waals surface area contributed by atoms with Crippen molar-refractivity contribution >= 4 is 50.9 Å². The molecule has 5 N–H and O–H groups in total. The number of hydrogen-bond acceptors (Lipinski definition) is 5. The molecule has 0 aliphatic carbocycles. The van der Waals surface area contributed by atoms with Crippen molar-refractivity contribution in [3.8, 4) is 0 Å². The topological polar surface area (TPSA) is 108 Å². The summed E-state index contributed by atoms with van der Waals surface area (Å²) in [5, 5.41) is 16.2. The average Bonchev–Trinajstić information content (AvgIpc) is 3.28. The number of likely N-dealkylation sites (tertiary alicyclic amines) is 1. The smallest absolute Gasteiger partial charge is 0.248 e. The van der Waals surface area contributed by atoms with Crippen molar-refractivity contribution in [1.29, 1.82) is 0 Å². The fourth-order valence-corrected chi connectivity index (χ4v) is 5.01. The molecule has 3 aromatic rings. The molecule has 2 atom stereocenters. The van der Waals surface area contributed by atoms with Gasteiger partial charge < -0.3 is 21.5 Å². The van der Waals surface area contributed by atoms with Gasteiger partial charge in [-0.05, 0) is 67.4 Å². The molecule has 38 heavy (non-hydrogen) atoms. The summed E-state index contributed by atoms with van der Waals surface area (Å²) in [5.74, 6) is -0.620. The zero-order valence-corrected chi connectivity index (χ0v) is 23.1. The first-order valence-corrected chi connectivity index (χ1v) is 13.3. The van der Waals surface area contributed by atoms with Crippen LogP contribution in [-0.4, -0.2) is 47.1 Å². The first-order chi connectivity index (χ1) is 18.1. The third kappa shape index (κ3) is 7.54. The molecule has 0 spiro atoms. The summed E-state index contributed by atoms with van der Waals surface area (Å²) in [4.78, 5) is 27.8. The van der Waals surface area contributed by atoms with Crippen LogP contribution in [0.4, 0.5) is 17.1 Å². The standard InChI is InChI=1S/C30H33BrN4O3/c1-30(2,38)19-35-17-24(25(18-35)29(37)33-23-14-12-22(31)13-15-23)21-10-7-20(8-11-21)9-16-28(36)34-27-6-4-3-5-26(27)32/h3-16,24-25,38H,17-19,32H2,1-2H3,(H,33,37)(H,34,36)/b16-9+. The van der Waals surface area contributed by atoms with Crippen molar-refractivity contribution in [2.45, 2.75) is 25.4 Å². The van der Waals surface area contributed by atoms with Gasteiger partial charge in [0.05, 0.1) is 22.9 Å². The lowest BCUT2D eigenvalue weighted by atomic mass is 9.88. The Morgan fingerprint density at radius 1 is 1.03 bits per heavy atom. The summed E-state index contributed by atoms with van der Waals surface area (Å²) in [5.41, 5.74) is 8.76. The van der Waals surface area contributed by atoms with E-state index in [9.17, 15) is 14.7 Å². The summed E-state index contributed by atoms with van der Waals surface area (Å²) in [6, 6.07) is 22.5. The molecule has 7 nitrogen and oxygen atoms in total. The van der Waals surface area contributed by atoms with Gasteiger partial charge in [0.1, 0.15) is 0 Å². The Labute approximate surface area is 231 Å². The van der Waals surface area contributed by atoms with E-state index in [-0.39, 0.29) is 23.7 Å². The van der Waals surface area contributed by atoms with Gasteiger partial charge in [-0.2, -0.15) is 0 Å². The maximum Gasteiger partial charge on any atom is 0.248 e. The number of anilines is 3. The number of nitrogens with zero attached hydrogens (tertiary/aromatic N) is 1. The number of nitrogens with two attached hydrogens (primary N) is 1. The van der Waals surface area contributed by atoms with E-state index in [0.29, 0.717) is 31.0 Å². The van der Waals surface area contributed by atoms with E-state index < -0.39 is 5.60 Å². The minimum absolute atomic E-state index is 0.0322. The second-order valence-corrected chi connectivity index (χ2v) is 11.2. The Hall–Kier alpha value is -3.46. The monoisotopic (exact) mass is 576 g/mol. The molecule has 0 bridgehead atoms. The van der Waals surface area contributed by atoms with Gasteiger partial charge in [0.15, 0.2) is 0 Å². The van der Waals surface area contributed by atoms with Gasteiger partial charge in [0, 0.05) is 41.8 Å². The maximum absolute atomic E-state index is 13.3. The molecular weight excluding hydrogens is 544 g/mol. The number of hydrogen-bond donors (Lipinski definition) is 4. The zero-order chi connectivity index (χ0) is 27.3. The molecule has 0 aromatic heterocycles. The number of carbonyl (C=O) groups excluding carboxylic acids is 2. The highest BCUT2D eigenvalue weighted by Crippen LogP contribution is 2.34. The first-order valence-electron chi connectivity index (χ1n) is 12.5. The largest absolute Gasteiger partial charge is 0.397 e. The number of aliphatic hydroxyl groups is 1. The summed E-state index contributed by atoms with van der Waals surface area (Å²) in [7, 11) is 0. The number of halogens is 1. The van der Waals surface area contributed by atoms with Crippen LogP contribution in [-0.2, 0) is 9.59 Å². The van der Waals surface area contributed by atoms with Crippen LogP contribution in [0.3, 0.4) is 0 Å². The van der Waals surface area contributed by atoms with Gasteiger partial charge in [-0.1, -0.05) is 52.3 Å². The van der Waals surface area contributed by atoms with Crippen molar-refractivity contribution in [3.05, 3.63) is 94.5 Å². The number of nitrogen functional groups attached to an aromatic ring is 1. The third-order valence-corrected chi connectivity index (χ3v) is 6.99. The summed E-state index contributed by atoms with van der Waals surface area (Å²) >= 11 is 3.42. The lowest BCUT2D eigenvalue weighted by molar-refractivity contribution is -0.120. The van der Waals surface area contributed by atoms with E-state index in [4.69, 9.17) is 5.73 Å². The molecule has 1 saturated heterocycles. The molecule has 2 amide bonds. The molecule has 0 radical (unpaired) electrons. The van der Waals surface area contributed by atoms with Crippen LogP contribution in [0.25, 0.3) is 6.08 Å². The first kappa shape index (κ1) is 27.6. The minimum Gasteiger partial charge on any atom is -0.397 e. The lowest BCUT2D eigenvalue weighted by Gasteiger charge is -2.25. The minimum atomic E-state index is -0.860. The third-order valence-electron chi connectivity index (χ3n) is 6.47. The zero-order valence-electron chi connectivity index (χ0n) is 21.5. The Bertz CT molecular complexity index is 1300. The molecule has 1 fully saturated rings. The SMILES string of the molecule is CC(C)(O)CN1CC(C(=O)Nc2ccc(Br)cc2)C(c2ccc(/C=C/C(=O)Nc3ccccc3N)cc2)C1. The van der Waals surface area contributed by atoms with E-state index in [1.165, 1.54) is 6.08 Å². The number of β-amino-alcohol motifs (C(OH)–C–C–N with tert-alkyl or cyclic N) is 1. The van der Waals surface area contributed by atoms with Gasteiger partial charge in [-0.25, -0.2) is 0 Å². The molecular formula is C30H33BrN4O3. The molecule has 1 aliphatic rings. The van der Waals surface area contributed by atoms with Crippen LogP contribution in [0, 0.1) is 5.92 Å². The van der Waals surface area contributed by atoms with Gasteiger partial charge >= 0.3 is 0 Å². The fourth-order valence-electron chi connectivity index (χ4n) is 4.74. The Morgan fingerprint density at radius 3 is 2.37 bits per heavy atom. The van der Waals surface area contributed by atoms with Gasteiger partial charge in [0.25, 0.3) is 0 Å². The second-order valence-electron chi connectivity index (χ2n) is 10.3. The highest BCUT2D eigenvalue weighted by atomic mass is 79.9. The van der Waals surface area contributed by atoms with E-state index >= 15 is 0 Å². The van der Waals surface area contributed by atoms with Crippen LogP contribution in [0.5, 0.6) is 0 Å². The van der Waals surface area contributed by atoms with Crippen molar-refractivity contribution in [2.24, 2.45) is 5.92 Å². The maximum atomic E-state index is 13.3. The van der Waals surface area contributed by atoms with Crippen LogP contribution in [0.15, 0.2) is 83.3 Å². The fraction of sp³-hybridized carbons (Fsp3) is 0.267. The Kier molecular flexibility index (Phi) is 8.66. The molecule has 3 aromatic carbocycles. The van der Waals surface area contributed by atoms with E-state index in [0.717, 1.165) is 21.3 Å². The van der Waals surface area contributed by atoms with Crippen molar-refractivity contribution < 1.29 is 14.7 Å².